The van der Waals surface area contributed by atoms with Crippen LogP contribution < -0.4 is 19.9 Å². The topological polar surface area (TPSA) is 83.5 Å². The predicted molar refractivity (Wildman–Crippen MR) is 170 cm³/mol. The number of hydrogen-bond acceptors (Lipinski definition) is 8. The van der Waals surface area contributed by atoms with Gasteiger partial charge in [-0.1, -0.05) is 44.7 Å². The number of hydrogen-bond donors (Lipinski definition) is 1. The third-order valence-corrected chi connectivity index (χ3v) is 8.18. The first kappa shape index (κ1) is 29.4. The summed E-state index contributed by atoms with van der Waals surface area (Å²) in [4.78, 5) is 31.5. The minimum Gasteiger partial charge on any atom is -0.497 e. The highest BCUT2D eigenvalue weighted by atomic mass is 32.2. The van der Waals surface area contributed by atoms with Gasteiger partial charge in [-0.2, -0.15) is 0 Å². The Morgan fingerprint density at radius 3 is 2.31 bits per heavy atom. The molecular weight excluding hydrogens is 544 g/mol. The van der Waals surface area contributed by atoms with Crippen molar-refractivity contribution < 1.29 is 9.53 Å². The van der Waals surface area contributed by atoms with E-state index in [9.17, 15) is 4.79 Å². The minimum absolute atomic E-state index is 0.0966. The van der Waals surface area contributed by atoms with Crippen molar-refractivity contribution in [2.24, 2.45) is 0 Å². The highest BCUT2D eigenvalue weighted by Crippen LogP contribution is 2.30. The minimum atomic E-state index is -0.106. The second kappa shape index (κ2) is 13.2. The Kier molecular flexibility index (Phi) is 9.27. The molecule has 0 aliphatic carbocycles. The lowest BCUT2D eigenvalue weighted by Crippen LogP contribution is -2.47. The Labute approximate surface area is 252 Å². The molecule has 0 radical (unpaired) electrons. The largest absolute Gasteiger partial charge is 0.497 e. The van der Waals surface area contributed by atoms with Crippen LogP contribution in [0.2, 0.25) is 0 Å². The van der Waals surface area contributed by atoms with Gasteiger partial charge in [0.2, 0.25) is 0 Å². The van der Waals surface area contributed by atoms with Crippen LogP contribution in [-0.4, -0.2) is 54.1 Å². The molecule has 2 aromatic carbocycles. The Balaban J connectivity index is 1.24. The van der Waals surface area contributed by atoms with Gasteiger partial charge in [-0.25, -0.2) is 9.97 Å². The summed E-state index contributed by atoms with van der Waals surface area (Å²) in [5.74, 6) is 2.41. The number of aromatic nitrogens is 3. The zero-order valence-electron chi connectivity index (χ0n) is 24.7. The van der Waals surface area contributed by atoms with Crippen LogP contribution in [0, 0.1) is 0 Å². The fourth-order valence-corrected chi connectivity index (χ4v) is 5.54. The summed E-state index contributed by atoms with van der Waals surface area (Å²) in [6, 6.07) is 21.9. The van der Waals surface area contributed by atoms with Gasteiger partial charge in [0.15, 0.2) is 5.16 Å². The van der Waals surface area contributed by atoms with Crippen LogP contribution in [0.4, 0.5) is 11.5 Å². The van der Waals surface area contributed by atoms with Crippen molar-refractivity contribution >= 4 is 29.2 Å². The van der Waals surface area contributed by atoms with E-state index in [0.29, 0.717) is 17.9 Å². The third kappa shape index (κ3) is 7.59. The van der Waals surface area contributed by atoms with Gasteiger partial charge < -0.3 is 19.9 Å². The van der Waals surface area contributed by atoms with Gasteiger partial charge in [-0.3, -0.25) is 9.78 Å². The van der Waals surface area contributed by atoms with E-state index >= 15 is 0 Å². The molecule has 8 nitrogen and oxygen atoms in total. The molecule has 0 saturated carbocycles. The Hall–Kier alpha value is -4.11. The lowest BCUT2D eigenvalue weighted by atomic mass is 9.92. The normalized spacial score (nSPS) is 13.6. The number of nitrogens with one attached hydrogen (secondary N) is 1. The third-order valence-electron chi connectivity index (χ3n) is 7.26. The number of rotatable bonds is 9. The van der Waals surface area contributed by atoms with Gasteiger partial charge in [-0.15, -0.1) is 0 Å². The number of carbonyl (C=O) groups excluding carboxylic acids is 1. The Morgan fingerprint density at radius 1 is 0.905 bits per heavy atom. The van der Waals surface area contributed by atoms with Crippen molar-refractivity contribution in [3.05, 3.63) is 102 Å². The number of pyridine rings is 1. The SMILES string of the molecule is COc1ccc(N2CCN(c3cc(C(C)(C)C)nc(SCc4cccc(C(=O)NCc5ccncc5)c4)n3)CC2)cc1. The van der Waals surface area contributed by atoms with E-state index in [2.05, 4.69) is 59.1 Å². The van der Waals surface area contributed by atoms with Crippen LogP contribution in [0.3, 0.4) is 0 Å². The van der Waals surface area contributed by atoms with Gasteiger partial charge >= 0.3 is 0 Å². The highest BCUT2D eigenvalue weighted by Gasteiger charge is 2.23. The van der Waals surface area contributed by atoms with Gasteiger partial charge in [0.05, 0.1) is 12.8 Å². The maximum absolute atomic E-state index is 12.8. The van der Waals surface area contributed by atoms with Crippen molar-refractivity contribution in [1.82, 2.24) is 20.3 Å². The molecule has 0 bridgehead atoms. The van der Waals surface area contributed by atoms with Gasteiger partial charge in [0, 0.05) is 73.6 Å². The molecule has 3 heterocycles. The highest BCUT2D eigenvalue weighted by molar-refractivity contribution is 7.98. The van der Waals surface area contributed by atoms with Crippen LogP contribution in [-0.2, 0) is 17.7 Å². The summed E-state index contributed by atoms with van der Waals surface area (Å²) < 4.78 is 5.31. The summed E-state index contributed by atoms with van der Waals surface area (Å²) in [6.07, 6.45) is 3.45. The summed E-state index contributed by atoms with van der Waals surface area (Å²) >= 11 is 1.60. The Morgan fingerprint density at radius 2 is 1.62 bits per heavy atom. The number of piperazine rings is 1. The number of benzene rings is 2. The number of thioether (sulfide) groups is 1. The molecule has 4 aromatic rings. The van der Waals surface area contributed by atoms with E-state index in [0.717, 1.165) is 59.7 Å². The van der Waals surface area contributed by atoms with E-state index in [1.165, 1.54) is 5.69 Å². The zero-order chi connectivity index (χ0) is 29.5. The molecule has 0 spiro atoms. The summed E-state index contributed by atoms with van der Waals surface area (Å²) in [7, 11) is 1.69. The van der Waals surface area contributed by atoms with Gasteiger partial charge in [0.25, 0.3) is 5.91 Å². The second-order valence-corrected chi connectivity index (χ2v) is 12.3. The molecule has 5 rings (SSSR count). The summed E-state index contributed by atoms with van der Waals surface area (Å²) in [5, 5.41) is 3.74. The molecule has 1 aliphatic rings. The molecular formula is C33H38N6O2S. The fourth-order valence-electron chi connectivity index (χ4n) is 4.75. The maximum Gasteiger partial charge on any atom is 0.251 e. The monoisotopic (exact) mass is 582 g/mol. The zero-order valence-corrected chi connectivity index (χ0v) is 25.5. The summed E-state index contributed by atoms with van der Waals surface area (Å²) in [5.41, 5.74) is 4.83. The fraction of sp³-hybridized carbons (Fsp3) is 0.333. The number of nitrogens with zero attached hydrogens (tertiary/aromatic N) is 5. The predicted octanol–water partition coefficient (Wildman–Crippen LogP) is 5.73. The molecule has 0 atom stereocenters. The number of carbonyl (C=O) groups is 1. The molecule has 9 heteroatoms. The molecule has 1 N–H and O–H groups in total. The molecule has 2 aromatic heterocycles. The lowest BCUT2D eigenvalue weighted by Gasteiger charge is -2.37. The molecule has 42 heavy (non-hydrogen) atoms. The standard InChI is InChI=1S/C33H38N6O2S/c1-33(2,3)29-21-30(39-18-16-38(17-19-39)27-8-10-28(41-4)11-9-27)37-32(36-29)42-23-25-6-5-7-26(20-25)31(40)35-22-24-12-14-34-15-13-24/h5-15,20-21H,16-19,22-23H2,1-4H3,(H,35,40). The van der Waals surface area contributed by atoms with E-state index in [1.54, 1.807) is 31.3 Å². The Bertz CT molecular complexity index is 1480. The van der Waals surface area contributed by atoms with Crippen molar-refractivity contribution in [1.29, 1.82) is 0 Å². The molecule has 0 unspecified atom stereocenters. The number of methoxy groups -OCH3 is 1. The molecule has 1 saturated heterocycles. The quantitative estimate of drug-likeness (QED) is 0.198. The number of amides is 1. The average Bonchev–Trinajstić information content (AvgIpc) is 3.03. The lowest BCUT2D eigenvalue weighted by molar-refractivity contribution is 0.0951. The van der Waals surface area contributed by atoms with Crippen molar-refractivity contribution in [2.45, 2.75) is 43.6 Å². The van der Waals surface area contributed by atoms with Crippen LogP contribution in [0.5, 0.6) is 5.75 Å². The smallest absolute Gasteiger partial charge is 0.251 e. The molecule has 1 amide bonds. The first-order valence-corrected chi connectivity index (χ1v) is 15.2. The average molecular weight is 583 g/mol. The van der Waals surface area contributed by atoms with Crippen LogP contribution in [0.1, 0.15) is 48.0 Å². The van der Waals surface area contributed by atoms with E-state index in [4.69, 9.17) is 14.7 Å². The summed E-state index contributed by atoms with van der Waals surface area (Å²) in [6.45, 7) is 10.6. The van der Waals surface area contributed by atoms with Gasteiger partial charge in [0.1, 0.15) is 11.6 Å². The van der Waals surface area contributed by atoms with Crippen molar-refractivity contribution in [3.63, 3.8) is 0 Å². The van der Waals surface area contributed by atoms with E-state index in [-0.39, 0.29) is 11.3 Å². The first-order valence-electron chi connectivity index (χ1n) is 14.2. The van der Waals surface area contributed by atoms with Crippen molar-refractivity contribution in [2.75, 3.05) is 43.1 Å². The number of anilines is 2. The van der Waals surface area contributed by atoms with E-state index in [1.807, 2.05) is 48.5 Å². The molecule has 218 valence electrons. The molecule has 1 fully saturated rings. The van der Waals surface area contributed by atoms with Crippen LogP contribution in [0.25, 0.3) is 0 Å². The number of ether oxygens (including phenoxy) is 1. The van der Waals surface area contributed by atoms with Crippen LogP contribution in [0.15, 0.2) is 84.3 Å². The van der Waals surface area contributed by atoms with E-state index < -0.39 is 0 Å². The van der Waals surface area contributed by atoms with Crippen molar-refractivity contribution in [3.8, 4) is 5.75 Å². The molecule has 1 aliphatic heterocycles. The first-order chi connectivity index (χ1) is 20.3. The van der Waals surface area contributed by atoms with Gasteiger partial charge in [-0.05, 0) is 59.7 Å². The maximum atomic E-state index is 12.8. The second-order valence-electron chi connectivity index (χ2n) is 11.3. The van der Waals surface area contributed by atoms with Crippen LogP contribution >= 0.6 is 11.8 Å².